The number of nitrogens with zero attached hydrogens (tertiary/aromatic N) is 1. The van der Waals surface area contributed by atoms with Crippen LogP contribution in [0.2, 0.25) is 10.0 Å². The van der Waals surface area contributed by atoms with E-state index in [0.717, 1.165) is 16.1 Å². The van der Waals surface area contributed by atoms with Crippen LogP contribution in [0.3, 0.4) is 0 Å². The Morgan fingerprint density at radius 3 is 2.67 bits per heavy atom. The Hall–Kier alpha value is -2.03. The van der Waals surface area contributed by atoms with Crippen LogP contribution >= 0.6 is 35.1 Å². The van der Waals surface area contributed by atoms with Gasteiger partial charge in [-0.25, -0.2) is 4.21 Å². The van der Waals surface area contributed by atoms with Crippen LogP contribution in [0.4, 0.5) is 5.69 Å². The second kappa shape index (κ2) is 9.41. The van der Waals surface area contributed by atoms with Gasteiger partial charge in [-0.1, -0.05) is 23.2 Å². The van der Waals surface area contributed by atoms with Crippen LogP contribution in [0.25, 0.3) is 10.9 Å². The maximum atomic E-state index is 12.8. The summed E-state index contributed by atoms with van der Waals surface area (Å²) >= 11 is 13.9. The number of hydrogen-bond acceptors (Lipinski definition) is 4. The number of nitrogens with one attached hydrogen (secondary N) is 3. The maximum absolute atomic E-state index is 12.8. The minimum Gasteiger partial charge on any atom is -0.358 e. The van der Waals surface area contributed by atoms with Gasteiger partial charge in [-0.15, -0.1) is 0 Å². The van der Waals surface area contributed by atoms with E-state index in [9.17, 15) is 4.21 Å². The van der Waals surface area contributed by atoms with E-state index in [-0.39, 0.29) is 0 Å². The first-order valence-electron chi connectivity index (χ1n) is 9.06. The third-order valence-corrected chi connectivity index (χ3v) is 6.91. The fourth-order valence-electron chi connectivity index (χ4n) is 2.93. The highest BCUT2D eigenvalue weighted by Crippen LogP contribution is 2.35. The largest absolute Gasteiger partial charge is 0.358 e. The number of benzene rings is 2. The van der Waals surface area contributed by atoms with Crippen LogP contribution in [0, 0.1) is 6.92 Å². The molecule has 154 valence electrons. The predicted molar refractivity (Wildman–Crippen MR) is 126 cm³/mol. The molecule has 0 saturated heterocycles. The lowest BCUT2D eigenvalue weighted by Crippen LogP contribution is -2.06. The van der Waals surface area contributed by atoms with E-state index < -0.39 is 11.0 Å². The van der Waals surface area contributed by atoms with Gasteiger partial charge in [0.05, 0.1) is 31.8 Å². The normalized spacial score (nSPS) is 12.2. The van der Waals surface area contributed by atoms with Gasteiger partial charge in [0.2, 0.25) is 0 Å². The molecule has 1 atom stereocenters. The summed E-state index contributed by atoms with van der Waals surface area (Å²) in [5.74, 6) is 0. The highest BCUT2D eigenvalue weighted by Gasteiger charge is 2.13. The first kappa shape index (κ1) is 21.2. The van der Waals surface area contributed by atoms with E-state index in [1.807, 2.05) is 43.5 Å². The van der Waals surface area contributed by atoms with Crippen molar-refractivity contribution in [1.29, 1.82) is 0 Å². The van der Waals surface area contributed by atoms with Gasteiger partial charge in [-0.2, -0.15) is 0 Å². The molecule has 1 unspecified atom stereocenters. The van der Waals surface area contributed by atoms with Gasteiger partial charge in [0, 0.05) is 29.2 Å². The van der Waals surface area contributed by atoms with Crippen molar-refractivity contribution in [3.8, 4) is 0 Å². The molecular weight excluding hydrogens is 459 g/mol. The summed E-state index contributed by atoms with van der Waals surface area (Å²) in [6.07, 6.45) is 3.47. The minimum absolute atomic E-state index is 0.527. The Morgan fingerprint density at radius 2 is 1.90 bits per heavy atom. The highest BCUT2D eigenvalue weighted by atomic mass is 35.5. The number of aromatic nitrogens is 2. The maximum Gasteiger partial charge on any atom is 0.150 e. The average Bonchev–Trinajstić information content (AvgIpc) is 3.13. The Morgan fingerprint density at radius 1 is 1.10 bits per heavy atom. The van der Waals surface area contributed by atoms with Gasteiger partial charge < -0.3 is 4.98 Å². The number of rotatable bonds is 7. The summed E-state index contributed by atoms with van der Waals surface area (Å²) in [5.41, 5.74) is 3.57. The van der Waals surface area contributed by atoms with Crippen molar-refractivity contribution in [2.75, 3.05) is 4.72 Å². The van der Waals surface area contributed by atoms with Crippen LogP contribution in [0.15, 0.2) is 70.7 Å². The van der Waals surface area contributed by atoms with E-state index in [4.69, 9.17) is 23.2 Å². The summed E-state index contributed by atoms with van der Waals surface area (Å²) in [6, 6.07) is 15.1. The Kier molecular flexibility index (Phi) is 6.65. The molecule has 5 nitrogen and oxygen atoms in total. The molecule has 0 spiro atoms. The monoisotopic (exact) mass is 476 g/mol. The summed E-state index contributed by atoms with van der Waals surface area (Å²) in [5, 5.41) is 1.78. The van der Waals surface area contributed by atoms with Gasteiger partial charge in [0.25, 0.3) is 0 Å². The van der Waals surface area contributed by atoms with E-state index in [1.165, 1.54) is 17.5 Å². The number of aromatic amines is 1. The number of aryl methyl sites for hydroxylation is 1. The molecule has 0 aliphatic rings. The summed E-state index contributed by atoms with van der Waals surface area (Å²) < 4.78 is 19.1. The van der Waals surface area contributed by atoms with Crippen LogP contribution in [0.1, 0.15) is 11.3 Å². The SMILES string of the molecule is Cc1ccnc(CNSc2ccc(S(=O)Nc3ccc(Cl)c4c(Cl)c[nH]c34)cc2)c1. The first-order chi connectivity index (χ1) is 14.5. The molecule has 9 heteroatoms. The predicted octanol–water partition coefficient (Wildman–Crippen LogP) is 6.11. The van der Waals surface area contributed by atoms with E-state index in [1.54, 1.807) is 18.3 Å². The Balaban J connectivity index is 1.39. The molecule has 30 heavy (non-hydrogen) atoms. The number of pyridine rings is 1. The van der Waals surface area contributed by atoms with Crippen molar-refractivity contribution in [2.45, 2.75) is 23.3 Å². The number of halogens is 2. The van der Waals surface area contributed by atoms with Crippen molar-refractivity contribution in [3.63, 3.8) is 0 Å². The zero-order valence-electron chi connectivity index (χ0n) is 15.9. The zero-order valence-corrected chi connectivity index (χ0v) is 19.1. The average molecular weight is 477 g/mol. The third-order valence-electron chi connectivity index (χ3n) is 4.39. The highest BCUT2D eigenvalue weighted by molar-refractivity contribution is 7.97. The molecule has 2 aromatic carbocycles. The molecule has 4 aromatic rings. The van der Waals surface area contributed by atoms with Gasteiger partial charge in [0.15, 0.2) is 0 Å². The van der Waals surface area contributed by atoms with Crippen LogP contribution in [-0.4, -0.2) is 14.2 Å². The Labute approximate surface area is 191 Å². The summed E-state index contributed by atoms with van der Waals surface area (Å²) in [4.78, 5) is 9.10. The lowest BCUT2D eigenvalue weighted by molar-refractivity contribution is 0.686. The lowest BCUT2D eigenvalue weighted by atomic mass is 10.2. The van der Waals surface area contributed by atoms with Gasteiger partial charge in [-0.3, -0.25) is 14.4 Å². The fourth-order valence-corrected chi connectivity index (χ4v) is 5.02. The number of fused-ring (bicyclic) bond motifs is 1. The number of hydrogen-bond donors (Lipinski definition) is 3. The van der Waals surface area contributed by atoms with Gasteiger partial charge in [0.1, 0.15) is 11.0 Å². The number of H-pyrrole nitrogens is 1. The molecule has 2 heterocycles. The summed E-state index contributed by atoms with van der Waals surface area (Å²) in [6.45, 7) is 2.71. The topological polar surface area (TPSA) is 69.8 Å². The van der Waals surface area contributed by atoms with Crippen molar-refractivity contribution in [3.05, 3.63) is 82.2 Å². The van der Waals surface area contributed by atoms with Crippen molar-refractivity contribution in [1.82, 2.24) is 14.7 Å². The quantitative estimate of drug-likeness (QED) is 0.281. The second-order valence-corrected chi connectivity index (χ2v) is 9.56. The lowest BCUT2D eigenvalue weighted by Gasteiger charge is -2.09. The molecule has 2 aromatic heterocycles. The molecular formula is C21H18Cl2N4OS2. The smallest absolute Gasteiger partial charge is 0.150 e. The molecule has 0 bridgehead atoms. The van der Waals surface area contributed by atoms with E-state index >= 15 is 0 Å². The third kappa shape index (κ3) is 4.82. The Bertz CT molecular complexity index is 1210. The molecule has 0 aliphatic heterocycles. The minimum atomic E-state index is -1.43. The molecule has 3 N–H and O–H groups in total. The van der Waals surface area contributed by atoms with Crippen LogP contribution in [-0.2, 0) is 17.5 Å². The molecule has 4 rings (SSSR count). The second-order valence-electron chi connectivity index (χ2n) is 6.57. The van der Waals surface area contributed by atoms with Gasteiger partial charge in [-0.05, 0) is 73.0 Å². The van der Waals surface area contributed by atoms with Crippen molar-refractivity contribution >= 4 is 62.7 Å². The molecule has 0 saturated carbocycles. The first-order valence-corrected chi connectivity index (χ1v) is 11.8. The zero-order chi connectivity index (χ0) is 21.1. The molecule has 0 radical (unpaired) electrons. The van der Waals surface area contributed by atoms with Gasteiger partial charge >= 0.3 is 0 Å². The standard InChI is InChI=1S/C21H18Cl2N4OS2/c1-13-8-9-24-14(10-13)11-26-29-15-2-4-16(5-3-15)30(28)27-19-7-6-17(22)20-18(23)12-25-21(19)20/h2-10,12,25-27H,11H2,1H3. The van der Waals surface area contributed by atoms with Crippen molar-refractivity contribution in [2.24, 2.45) is 0 Å². The molecule has 0 aliphatic carbocycles. The number of anilines is 1. The van der Waals surface area contributed by atoms with Crippen LogP contribution < -0.4 is 9.44 Å². The van der Waals surface area contributed by atoms with E-state index in [2.05, 4.69) is 25.5 Å². The molecule has 0 amide bonds. The molecule has 0 fully saturated rings. The van der Waals surface area contributed by atoms with Crippen molar-refractivity contribution < 1.29 is 4.21 Å². The van der Waals surface area contributed by atoms with E-state index in [0.29, 0.717) is 32.6 Å². The van der Waals surface area contributed by atoms with Crippen LogP contribution in [0.5, 0.6) is 0 Å². The summed E-state index contributed by atoms with van der Waals surface area (Å²) in [7, 11) is -1.43. The fraction of sp³-hybridized carbons (Fsp3) is 0.0952.